The predicted octanol–water partition coefficient (Wildman–Crippen LogP) is 2.19. The van der Waals surface area contributed by atoms with Crippen molar-refractivity contribution in [3.63, 3.8) is 0 Å². The monoisotopic (exact) mass is 269 g/mol. The van der Waals surface area contributed by atoms with E-state index in [4.69, 9.17) is 10.9 Å². The molecule has 0 aromatic rings. The summed E-state index contributed by atoms with van der Waals surface area (Å²) in [5.74, 6) is -0.445. The molecule has 1 fully saturated rings. The van der Waals surface area contributed by atoms with Crippen LogP contribution in [0.4, 0.5) is 0 Å². The molecule has 1 rings (SSSR count). The van der Waals surface area contributed by atoms with E-state index in [-0.39, 0.29) is 17.7 Å². The van der Waals surface area contributed by atoms with Crippen molar-refractivity contribution in [2.45, 2.75) is 58.9 Å². The summed E-state index contributed by atoms with van der Waals surface area (Å²) < 4.78 is 0. The molecule has 1 saturated heterocycles. The van der Waals surface area contributed by atoms with Crippen molar-refractivity contribution in [1.29, 1.82) is 0 Å². The SMILES string of the molecule is CCC1CCCCCN1C(=O)C(C(N)=NO)C(C)C. The molecule has 3 N–H and O–H groups in total. The summed E-state index contributed by atoms with van der Waals surface area (Å²) >= 11 is 0. The van der Waals surface area contributed by atoms with Crippen molar-refractivity contribution in [1.82, 2.24) is 4.90 Å². The predicted molar refractivity (Wildman–Crippen MR) is 76.0 cm³/mol. The molecule has 2 atom stereocenters. The minimum absolute atomic E-state index is 0.0130. The summed E-state index contributed by atoms with van der Waals surface area (Å²) in [4.78, 5) is 14.7. The van der Waals surface area contributed by atoms with E-state index in [9.17, 15) is 4.79 Å². The van der Waals surface area contributed by atoms with Crippen LogP contribution in [-0.4, -0.2) is 34.4 Å². The molecule has 0 aromatic carbocycles. The van der Waals surface area contributed by atoms with Gasteiger partial charge in [0.2, 0.25) is 5.91 Å². The highest BCUT2D eigenvalue weighted by Crippen LogP contribution is 2.23. The molecule has 0 bridgehead atoms. The van der Waals surface area contributed by atoms with Crippen LogP contribution in [0, 0.1) is 11.8 Å². The highest BCUT2D eigenvalue weighted by atomic mass is 16.4. The van der Waals surface area contributed by atoms with Gasteiger partial charge in [0.1, 0.15) is 5.92 Å². The standard InChI is InChI=1S/C14H27N3O2/c1-4-11-8-6-5-7-9-17(11)14(18)12(10(2)3)13(15)16-19/h10-12,19H,4-9H2,1-3H3,(H2,15,16). The van der Waals surface area contributed by atoms with Gasteiger partial charge in [-0.15, -0.1) is 0 Å². The van der Waals surface area contributed by atoms with E-state index >= 15 is 0 Å². The highest BCUT2D eigenvalue weighted by molar-refractivity contribution is 6.02. The number of nitrogens with two attached hydrogens (primary N) is 1. The number of carbonyl (C=O) groups excluding carboxylic acids is 1. The molecular weight excluding hydrogens is 242 g/mol. The van der Waals surface area contributed by atoms with Crippen molar-refractivity contribution in [2.24, 2.45) is 22.7 Å². The van der Waals surface area contributed by atoms with Crippen LogP contribution in [0.25, 0.3) is 0 Å². The summed E-state index contributed by atoms with van der Waals surface area (Å²) in [6.45, 7) is 6.77. The van der Waals surface area contributed by atoms with Gasteiger partial charge in [0.15, 0.2) is 5.84 Å². The van der Waals surface area contributed by atoms with Crippen molar-refractivity contribution in [3.05, 3.63) is 0 Å². The van der Waals surface area contributed by atoms with Crippen LogP contribution >= 0.6 is 0 Å². The third-order valence-corrected chi connectivity index (χ3v) is 4.00. The Labute approximate surface area is 115 Å². The average molecular weight is 269 g/mol. The van der Waals surface area contributed by atoms with Gasteiger partial charge < -0.3 is 15.8 Å². The smallest absolute Gasteiger partial charge is 0.233 e. The Kier molecular flexibility index (Phi) is 6.12. The number of hydrogen-bond donors (Lipinski definition) is 2. The Morgan fingerprint density at radius 3 is 2.63 bits per heavy atom. The van der Waals surface area contributed by atoms with Crippen LogP contribution in [0.3, 0.4) is 0 Å². The second-order valence-electron chi connectivity index (χ2n) is 5.69. The molecule has 1 aliphatic heterocycles. The van der Waals surface area contributed by atoms with Crippen LogP contribution in [-0.2, 0) is 4.79 Å². The lowest BCUT2D eigenvalue weighted by Gasteiger charge is -2.33. The molecule has 1 amide bonds. The number of carbonyl (C=O) groups is 1. The first-order valence-electron chi connectivity index (χ1n) is 7.30. The number of hydrogen-bond acceptors (Lipinski definition) is 3. The van der Waals surface area contributed by atoms with Crippen molar-refractivity contribution >= 4 is 11.7 Å². The van der Waals surface area contributed by atoms with E-state index < -0.39 is 5.92 Å². The normalized spacial score (nSPS) is 23.3. The van der Waals surface area contributed by atoms with Crippen molar-refractivity contribution in [2.75, 3.05) is 6.54 Å². The number of nitrogens with zero attached hydrogens (tertiary/aromatic N) is 2. The molecule has 5 heteroatoms. The molecule has 19 heavy (non-hydrogen) atoms. The molecule has 110 valence electrons. The fourth-order valence-corrected chi connectivity index (χ4v) is 2.89. The van der Waals surface area contributed by atoms with Gasteiger partial charge in [-0.05, 0) is 25.2 Å². The van der Waals surface area contributed by atoms with Crippen LogP contribution in [0.1, 0.15) is 52.9 Å². The molecular formula is C14H27N3O2. The van der Waals surface area contributed by atoms with E-state index in [0.717, 1.165) is 25.8 Å². The summed E-state index contributed by atoms with van der Waals surface area (Å²) in [5.41, 5.74) is 5.70. The Hall–Kier alpha value is -1.26. The lowest BCUT2D eigenvalue weighted by molar-refractivity contribution is -0.137. The van der Waals surface area contributed by atoms with Gasteiger partial charge in [-0.25, -0.2) is 0 Å². The second kappa shape index (κ2) is 7.36. The Morgan fingerprint density at radius 2 is 2.11 bits per heavy atom. The van der Waals surface area contributed by atoms with E-state index in [1.807, 2.05) is 18.7 Å². The minimum atomic E-state index is -0.517. The van der Waals surface area contributed by atoms with Gasteiger partial charge in [0, 0.05) is 12.6 Å². The Balaban J connectivity index is 2.92. The number of rotatable bonds is 4. The lowest BCUT2D eigenvalue weighted by Crippen LogP contribution is -2.48. The summed E-state index contributed by atoms with van der Waals surface area (Å²) in [6, 6.07) is 0.294. The lowest BCUT2D eigenvalue weighted by atomic mass is 9.92. The summed E-state index contributed by atoms with van der Waals surface area (Å²) in [7, 11) is 0. The van der Waals surface area contributed by atoms with E-state index in [1.54, 1.807) is 0 Å². The van der Waals surface area contributed by atoms with E-state index in [1.165, 1.54) is 12.8 Å². The van der Waals surface area contributed by atoms with Crippen LogP contribution in [0.2, 0.25) is 0 Å². The van der Waals surface area contributed by atoms with Gasteiger partial charge in [0.25, 0.3) is 0 Å². The molecule has 0 spiro atoms. The number of amidine groups is 1. The van der Waals surface area contributed by atoms with Crippen LogP contribution in [0.15, 0.2) is 5.16 Å². The molecule has 0 aliphatic carbocycles. The number of amides is 1. The number of oxime groups is 1. The molecule has 0 saturated carbocycles. The molecule has 1 heterocycles. The number of likely N-dealkylation sites (tertiary alicyclic amines) is 1. The van der Waals surface area contributed by atoms with Crippen LogP contribution in [0.5, 0.6) is 0 Å². The van der Waals surface area contributed by atoms with Gasteiger partial charge in [0.05, 0.1) is 0 Å². The van der Waals surface area contributed by atoms with Crippen molar-refractivity contribution in [3.8, 4) is 0 Å². The van der Waals surface area contributed by atoms with Gasteiger partial charge >= 0.3 is 0 Å². The minimum Gasteiger partial charge on any atom is -0.409 e. The van der Waals surface area contributed by atoms with Gasteiger partial charge in [-0.2, -0.15) is 0 Å². The third kappa shape index (κ3) is 3.85. The maximum Gasteiger partial charge on any atom is 0.233 e. The first-order chi connectivity index (χ1) is 9.02. The quantitative estimate of drug-likeness (QED) is 0.355. The van der Waals surface area contributed by atoms with E-state index in [2.05, 4.69) is 12.1 Å². The highest BCUT2D eigenvalue weighted by Gasteiger charge is 2.34. The fourth-order valence-electron chi connectivity index (χ4n) is 2.89. The molecule has 1 aliphatic rings. The second-order valence-corrected chi connectivity index (χ2v) is 5.69. The molecule has 5 nitrogen and oxygen atoms in total. The maximum atomic E-state index is 12.7. The van der Waals surface area contributed by atoms with E-state index in [0.29, 0.717) is 6.04 Å². The topological polar surface area (TPSA) is 78.9 Å². The zero-order valence-electron chi connectivity index (χ0n) is 12.3. The average Bonchev–Trinajstić information content (AvgIpc) is 2.62. The Bertz CT molecular complexity index is 329. The zero-order chi connectivity index (χ0) is 14.4. The maximum absolute atomic E-state index is 12.7. The third-order valence-electron chi connectivity index (χ3n) is 4.00. The first-order valence-corrected chi connectivity index (χ1v) is 7.30. The van der Waals surface area contributed by atoms with Crippen molar-refractivity contribution < 1.29 is 10.0 Å². The Morgan fingerprint density at radius 1 is 1.42 bits per heavy atom. The fraction of sp³-hybridized carbons (Fsp3) is 0.857. The van der Waals surface area contributed by atoms with Gasteiger partial charge in [-0.1, -0.05) is 38.8 Å². The summed E-state index contributed by atoms with van der Waals surface area (Å²) in [5, 5.41) is 11.9. The molecule has 0 radical (unpaired) electrons. The van der Waals surface area contributed by atoms with Crippen LogP contribution < -0.4 is 5.73 Å². The van der Waals surface area contributed by atoms with Gasteiger partial charge in [-0.3, -0.25) is 4.79 Å². The molecule has 2 unspecified atom stereocenters. The molecule has 0 aromatic heterocycles. The summed E-state index contributed by atoms with van der Waals surface area (Å²) in [6.07, 6.45) is 5.42. The largest absolute Gasteiger partial charge is 0.409 e. The first kappa shape index (κ1) is 15.8. The zero-order valence-corrected chi connectivity index (χ0v) is 12.3.